The van der Waals surface area contributed by atoms with Gasteiger partial charge in [0.2, 0.25) is 5.91 Å². The fraction of sp³-hybridized carbons (Fsp3) is 0.364. The van der Waals surface area contributed by atoms with Crippen LogP contribution in [0.25, 0.3) is 0 Å². The Kier molecular flexibility index (Phi) is 5.71. The molecule has 2 aromatic carbocycles. The van der Waals surface area contributed by atoms with Gasteiger partial charge in [0.15, 0.2) is 0 Å². The van der Waals surface area contributed by atoms with Crippen molar-refractivity contribution in [2.24, 2.45) is 0 Å². The molecule has 1 heterocycles. The minimum atomic E-state index is 0.0142. The van der Waals surface area contributed by atoms with E-state index in [1.807, 2.05) is 78.2 Å². The summed E-state index contributed by atoms with van der Waals surface area (Å²) in [6, 6.07) is 17.6. The van der Waals surface area contributed by atoms with Crippen molar-refractivity contribution in [1.29, 1.82) is 0 Å². The number of hydrogen-bond acceptors (Lipinski definition) is 2. The van der Waals surface area contributed by atoms with Crippen LogP contribution in [0.15, 0.2) is 54.6 Å². The van der Waals surface area contributed by atoms with E-state index in [-0.39, 0.29) is 17.9 Å². The van der Waals surface area contributed by atoms with Crippen LogP contribution in [0.1, 0.15) is 49.0 Å². The van der Waals surface area contributed by atoms with E-state index in [9.17, 15) is 9.59 Å². The largest absolute Gasteiger partial charge is 0.332 e. The highest BCUT2D eigenvalue weighted by Crippen LogP contribution is 2.22. The number of benzene rings is 2. The third kappa shape index (κ3) is 4.13. The average molecular weight is 350 g/mol. The third-order valence-corrected chi connectivity index (χ3v) is 4.83. The van der Waals surface area contributed by atoms with E-state index in [4.69, 9.17) is 0 Å². The van der Waals surface area contributed by atoms with E-state index in [0.717, 1.165) is 30.6 Å². The molecular weight excluding hydrogens is 324 g/mol. The Hall–Kier alpha value is -2.62. The van der Waals surface area contributed by atoms with Crippen molar-refractivity contribution >= 4 is 17.5 Å². The second-order valence-corrected chi connectivity index (χ2v) is 7.06. The lowest BCUT2D eigenvalue weighted by molar-refractivity contribution is -0.119. The van der Waals surface area contributed by atoms with Gasteiger partial charge in [-0.15, -0.1) is 0 Å². The molecule has 0 spiro atoms. The summed E-state index contributed by atoms with van der Waals surface area (Å²) < 4.78 is 0. The monoisotopic (exact) mass is 350 g/mol. The fourth-order valence-electron chi connectivity index (χ4n) is 3.30. The number of nitrogens with zero attached hydrogens (tertiary/aromatic N) is 2. The second kappa shape index (κ2) is 8.17. The van der Waals surface area contributed by atoms with Crippen molar-refractivity contribution < 1.29 is 9.59 Å². The summed E-state index contributed by atoms with van der Waals surface area (Å²) in [6.07, 6.45) is 2.61. The number of rotatable bonds is 5. The lowest BCUT2D eigenvalue weighted by Crippen LogP contribution is -2.37. The van der Waals surface area contributed by atoms with Gasteiger partial charge < -0.3 is 9.80 Å². The Bertz CT molecular complexity index is 753. The van der Waals surface area contributed by atoms with Crippen LogP contribution in [-0.4, -0.2) is 29.3 Å². The molecule has 0 unspecified atom stereocenters. The topological polar surface area (TPSA) is 40.6 Å². The molecule has 3 rings (SSSR count). The summed E-state index contributed by atoms with van der Waals surface area (Å²) >= 11 is 0. The molecule has 2 aromatic rings. The molecule has 1 aliphatic heterocycles. The first kappa shape index (κ1) is 18.2. The molecule has 0 saturated carbocycles. The maximum absolute atomic E-state index is 13.0. The predicted octanol–water partition coefficient (Wildman–Crippen LogP) is 4.25. The molecule has 0 N–H and O–H groups in total. The van der Waals surface area contributed by atoms with Gasteiger partial charge in [0.25, 0.3) is 5.91 Å². The molecule has 136 valence electrons. The highest BCUT2D eigenvalue weighted by molar-refractivity contribution is 5.97. The van der Waals surface area contributed by atoms with Gasteiger partial charge >= 0.3 is 0 Å². The summed E-state index contributed by atoms with van der Waals surface area (Å²) in [4.78, 5) is 28.7. The van der Waals surface area contributed by atoms with Crippen LogP contribution in [0.5, 0.6) is 0 Å². The molecule has 0 radical (unpaired) electrons. The highest BCUT2D eigenvalue weighted by Gasteiger charge is 2.22. The molecule has 0 aromatic heterocycles. The molecular formula is C22H26N2O2. The van der Waals surface area contributed by atoms with Crippen LogP contribution in [0.3, 0.4) is 0 Å². The van der Waals surface area contributed by atoms with Crippen LogP contribution >= 0.6 is 0 Å². The van der Waals surface area contributed by atoms with Gasteiger partial charge in [-0.05, 0) is 56.5 Å². The summed E-state index contributed by atoms with van der Waals surface area (Å²) in [7, 11) is 0. The molecule has 1 saturated heterocycles. The van der Waals surface area contributed by atoms with Gasteiger partial charge in [-0.25, -0.2) is 0 Å². The fourth-order valence-corrected chi connectivity index (χ4v) is 3.30. The first-order chi connectivity index (χ1) is 12.6. The Balaban J connectivity index is 1.76. The van der Waals surface area contributed by atoms with E-state index in [1.54, 1.807) is 0 Å². The smallest absolute Gasteiger partial charge is 0.254 e. The summed E-state index contributed by atoms with van der Waals surface area (Å²) in [5.41, 5.74) is 2.65. The van der Waals surface area contributed by atoms with Crippen molar-refractivity contribution in [1.82, 2.24) is 4.90 Å². The standard InChI is InChI=1S/C22H26N2O2/c1-17(2)24(16-18-8-4-3-5-9-18)22(26)19-11-13-20(14-12-19)23-15-7-6-10-21(23)25/h3-5,8-9,11-14,17H,6-7,10,15-16H2,1-2H3. The second-order valence-electron chi connectivity index (χ2n) is 7.06. The first-order valence-corrected chi connectivity index (χ1v) is 9.31. The molecule has 0 bridgehead atoms. The summed E-state index contributed by atoms with van der Waals surface area (Å²) in [6.45, 7) is 5.41. The number of carbonyl (C=O) groups excluding carboxylic acids is 2. The maximum atomic E-state index is 13.0. The van der Waals surface area contributed by atoms with Crippen molar-refractivity contribution in [3.05, 3.63) is 65.7 Å². The molecule has 26 heavy (non-hydrogen) atoms. The maximum Gasteiger partial charge on any atom is 0.254 e. The lowest BCUT2D eigenvalue weighted by Gasteiger charge is -2.28. The van der Waals surface area contributed by atoms with Crippen LogP contribution in [0.2, 0.25) is 0 Å². The van der Waals surface area contributed by atoms with Crippen molar-refractivity contribution in [2.45, 2.75) is 45.7 Å². The zero-order chi connectivity index (χ0) is 18.5. The normalized spacial score (nSPS) is 14.6. The molecule has 4 heteroatoms. The molecule has 4 nitrogen and oxygen atoms in total. The van der Waals surface area contributed by atoms with Crippen LogP contribution in [0.4, 0.5) is 5.69 Å². The average Bonchev–Trinajstić information content (AvgIpc) is 2.67. The molecule has 2 amide bonds. The van der Waals surface area contributed by atoms with E-state index >= 15 is 0 Å². The quantitative estimate of drug-likeness (QED) is 0.809. The predicted molar refractivity (Wildman–Crippen MR) is 104 cm³/mol. The highest BCUT2D eigenvalue weighted by atomic mass is 16.2. The van der Waals surface area contributed by atoms with Crippen LogP contribution in [-0.2, 0) is 11.3 Å². The first-order valence-electron chi connectivity index (χ1n) is 9.31. The van der Waals surface area contributed by atoms with Gasteiger partial charge in [-0.3, -0.25) is 9.59 Å². The van der Waals surface area contributed by atoms with Crippen LogP contribution < -0.4 is 4.90 Å². The number of anilines is 1. The molecule has 0 aliphatic carbocycles. The summed E-state index contributed by atoms with van der Waals surface area (Å²) in [5.74, 6) is 0.184. The minimum Gasteiger partial charge on any atom is -0.332 e. The Morgan fingerprint density at radius 1 is 1.04 bits per heavy atom. The zero-order valence-corrected chi connectivity index (χ0v) is 15.5. The SMILES string of the molecule is CC(C)N(Cc1ccccc1)C(=O)c1ccc(N2CCCCC2=O)cc1. The Labute approximate surface area is 155 Å². The van der Waals surface area contributed by atoms with E-state index in [1.165, 1.54) is 0 Å². The van der Waals surface area contributed by atoms with Crippen molar-refractivity contribution in [2.75, 3.05) is 11.4 Å². The number of piperidine rings is 1. The van der Waals surface area contributed by atoms with Crippen molar-refractivity contribution in [3.63, 3.8) is 0 Å². The number of carbonyl (C=O) groups is 2. The number of amides is 2. The number of hydrogen-bond donors (Lipinski definition) is 0. The Morgan fingerprint density at radius 3 is 2.35 bits per heavy atom. The van der Waals surface area contributed by atoms with E-state index in [0.29, 0.717) is 18.5 Å². The van der Waals surface area contributed by atoms with E-state index < -0.39 is 0 Å². The van der Waals surface area contributed by atoms with Crippen LogP contribution in [0, 0.1) is 0 Å². The van der Waals surface area contributed by atoms with Gasteiger partial charge in [-0.1, -0.05) is 30.3 Å². The van der Waals surface area contributed by atoms with Gasteiger partial charge in [0.1, 0.15) is 0 Å². The van der Waals surface area contributed by atoms with Gasteiger partial charge in [0.05, 0.1) is 0 Å². The third-order valence-electron chi connectivity index (χ3n) is 4.83. The lowest BCUT2D eigenvalue weighted by atomic mass is 10.1. The van der Waals surface area contributed by atoms with Gasteiger partial charge in [-0.2, -0.15) is 0 Å². The minimum absolute atomic E-state index is 0.0142. The van der Waals surface area contributed by atoms with Crippen molar-refractivity contribution in [3.8, 4) is 0 Å². The summed E-state index contributed by atoms with van der Waals surface area (Å²) in [5, 5.41) is 0. The molecule has 0 atom stereocenters. The Morgan fingerprint density at radius 2 is 1.73 bits per heavy atom. The zero-order valence-electron chi connectivity index (χ0n) is 15.5. The van der Waals surface area contributed by atoms with Gasteiger partial charge in [0, 0.05) is 36.8 Å². The molecule has 1 fully saturated rings. The van der Waals surface area contributed by atoms with E-state index in [2.05, 4.69) is 0 Å². The molecule has 1 aliphatic rings.